The Bertz CT molecular complexity index is 1250. The van der Waals surface area contributed by atoms with Crippen LogP contribution in [0.1, 0.15) is 80.8 Å². The molecule has 3 N–H and O–H groups in total. The van der Waals surface area contributed by atoms with Crippen molar-refractivity contribution in [3.8, 4) is 5.75 Å². The second-order valence-corrected chi connectivity index (χ2v) is 13.6. The van der Waals surface area contributed by atoms with Gasteiger partial charge in [-0.25, -0.2) is 4.79 Å². The number of aromatic carboxylic acids is 1. The Labute approximate surface area is 261 Å². The normalized spacial score (nSPS) is 22.8. The molecule has 2 aromatic carbocycles. The number of nitrogens with two attached hydrogens (primary N) is 1. The van der Waals surface area contributed by atoms with E-state index in [4.69, 9.17) is 26.2 Å². The molecule has 230 valence electrons. The molecule has 0 spiro atoms. The SMILES string of the molecule is CCCc1cc(Cl)ccc1C1COc2ccc(C(=O)O)cc2N(CC2CCC2C(OC)/C(C)=C/CC(C)C(C)SN)C1. The summed E-state index contributed by atoms with van der Waals surface area (Å²) in [5.41, 5.74) is 4.93. The van der Waals surface area contributed by atoms with Crippen molar-refractivity contribution in [3.63, 3.8) is 0 Å². The fourth-order valence-electron chi connectivity index (χ4n) is 6.46. The number of carboxylic acid groups (broad SMARTS) is 1. The molecule has 6 atom stereocenters. The summed E-state index contributed by atoms with van der Waals surface area (Å²) in [5, 5.41) is 16.7. The second-order valence-electron chi connectivity index (χ2n) is 12.2. The third kappa shape index (κ3) is 7.65. The van der Waals surface area contributed by atoms with Crippen LogP contribution in [0.3, 0.4) is 0 Å². The van der Waals surface area contributed by atoms with Crippen molar-refractivity contribution in [1.29, 1.82) is 0 Å². The molecule has 8 heteroatoms. The molecule has 1 aliphatic heterocycles. The lowest BCUT2D eigenvalue weighted by atomic mass is 9.68. The van der Waals surface area contributed by atoms with Crippen LogP contribution in [0.4, 0.5) is 5.69 Å². The molecular weight excluding hydrogens is 568 g/mol. The van der Waals surface area contributed by atoms with Gasteiger partial charge in [-0.3, -0.25) is 5.14 Å². The van der Waals surface area contributed by atoms with Crippen LogP contribution in [0.5, 0.6) is 5.75 Å². The van der Waals surface area contributed by atoms with E-state index in [0.717, 1.165) is 61.7 Å². The second kappa shape index (κ2) is 15.0. The quantitative estimate of drug-likeness (QED) is 0.175. The number of hydrogen-bond acceptors (Lipinski definition) is 6. The number of nitrogens with zero attached hydrogens (tertiary/aromatic N) is 1. The summed E-state index contributed by atoms with van der Waals surface area (Å²) in [4.78, 5) is 14.3. The molecule has 0 saturated heterocycles. The molecule has 42 heavy (non-hydrogen) atoms. The fraction of sp³-hybridized carbons (Fsp3) is 0.559. The first-order chi connectivity index (χ1) is 20.2. The minimum atomic E-state index is -0.931. The number of anilines is 1. The molecular formula is C34H47ClN2O4S. The summed E-state index contributed by atoms with van der Waals surface area (Å²) < 4.78 is 12.5. The molecule has 0 aromatic heterocycles. The average Bonchev–Trinajstić information content (AvgIpc) is 3.15. The van der Waals surface area contributed by atoms with Crippen molar-refractivity contribution in [2.24, 2.45) is 22.9 Å². The zero-order chi connectivity index (χ0) is 30.4. The maximum Gasteiger partial charge on any atom is 0.335 e. The molecule has 1 heterocycles. The van der Waals surface area contributed by atoms with Gasteiger partial charge in [0.25, 0.3) is 0 Å². The lowest BCUT2D eigenvalue weighted by Crippen LogP contribution is -2.45. The number of carbonyl (C=O) groups is 1. The number of rotatable bonds is 13. The monoisotopic (exact) mass is 614 g/mol. The maximum atomic E-state index is 11.9. The van der Waals surface area contributed by atoms with E-state index in [1.54, 1.807) is 12.1 Å². The highest BCUT2D eigenvalue weighted by atomic mass is 35.5. The molecule has 0 radical (unpaired) electrons. The molecule has 2 aromatic rings. The van der Waals surface area contributed by atoms with Gasteiger partial charge in [-0.1, -0.05) is 62.9 Å². The highest BCUT2D eigenvalue weighted by molar-refractivity contribution is 7.97. The topological polar surface area (TPSA) is 85.0 Å². The molecule has 0 amide bonds. The lowest BCUT2D eigenvalue weighted by molar-refractivity contribution is 0.00641. The number of methoxy groups -OCH3 is 1. The van der Waals surface area contributed by atoms with Crippen LogP contribution in [0.15, 0.2) is 48.0 Å². The van der Waals surface area contributed by atoms with Crippen LogP contribution in [0.2, 0.25) is 5.02 Å². The van der Waals surface area contributed by atoms with Gasteiger partial charge in [-0.15, -0.1) is 0 Å². The highest BCUT2D eigenvalue weighted by Crippen LogP contribution is 2.44. The van der Waals surface area contributed by atoms with E-state index < -0.39 is 5.97 Å². The molecule has 1 aliphatic carbocycles. The Hall–Kier alpha value is -2.19. The molecule has 1 fully saturated rings. The van der Waals surface area contributed by atoms with Gasteiger partial charge in [0.15, 0.2) is 0 Å². The van der Waals surface area contributed by atoms with Gasteiger partial charge in [0.1, 0.15) is 5.75 Å². The van der Waals surface area contributed by atoms with E-state index in [2.05, 4.69) is 50.8 Å². The molecule has 2 aliphatic rings. The Kier molecular flexibility index (Phi) is 11.7. The zero-order valence-corrected chi connectivity index (χ0v) is 27.2. The first-order valence-electron chi connectivity index (χ1n) is 15.2. The van der Waals surface area contributed by atoms with E-state index in [1.807, 2.05) is 19.2 Å². The Balaban J connectivity index is 1.60. The lowest BCUT2D eigenvalue weighted by Gasteiger charge is -2.44. The van der Waals surface area contributed by atoms with E-state index in [1.165, 1.54) is 28.6 Å². The first kappa shape index (κ1) is 32.7. The number of allylic oxidation sites excluding steroid dienone is 1. The molecule has 6 unspecified atom stereocenters. The Morgan fingerprint density at radius 1 is 1.26 bits per heavy atom. The van der Waals surface area contributed by atoms with Crippen molar-refractivity contribution < 1.29 is 19.4 Å². The number of carboxylic acids is 1. The number of benzene rings is 2. The van der Waals surface area contributed by atoms with Gasteiger partial charge in [0.2, 0.25) is 0 Å². The van der Waals surface area contributed by atoms with Gasteiger partial charge < -0.3 is 19.5 Å². The number of ether oxygens (including phenoxy) is 2. The largest absolute Gasteiger partial charge is 0.491 e. The molecule has 0 bridgehead atoms. The predicted molar refractivity (Wildman–Crippen MR) is 175 cm³/mol. The molecule has 1 saturated carbocycles. The van der Waals surface area contributed by atoms with Crippen molar-refractivity contribution in [2.75, 3.05) is 31.7 Å². The van der Waals surface area contributed by atoms with Gasteiger partial charge in [0, 0.05) is 36.4 Å². The Morgan fingerprint density at radius 2 is 2.05 bits per heavy atom. The van der Waals surface area contributed by atoms with Crippen LogP contribution in [0.25, 0.3) is 0 Å². The van der Waals surface area contributed by atoms with Gasteiger partial charge >= 0.3 is 5.97 Å². The summed E-state index contributed by atoms with van der Waals surface area (Å²) in [6.45, 7) is 10.9. The summed E-state index contributed by atoms with van der Waals surface area (Å²) in [6.07, 6.45) is 7.60. The third-order valence-electron chi connectivity index (χ3n) is 9.34. The molecule has 6 nitrogen and oxygen atoms in total. The van der Waals surface area contributed by atoms with Crippen LogP contribution in [0, 0.1) is 17.8 Å². The smallest absolute Gasteiger partial charge is 0.335 e. The van der Waals surface area contributed by atoms with Crippen molar-refractivity contribution in [1.82, 2.24) is 0 Å². The van der Waals surface area contributed by atoms with Crippen LogP contribution < -0.4 is 14.8 Å². The number of fused-ring (bicyclic) bond motifs is 1. The first-order valence-corrected chi connectivity index (χ1v) is 16.6. The van der Waals surface area contributed by atoms with Crippen LogP contribution in [-0.4, -0.2) is 49.2 Å². The Morgan fingerprint density at radius 3 is 2.69 bits per heavy atom. The maximum absolute atomic E-state index is 11.9. The van der Waals surface area contributed by atoms with Crippen molar-refractivity contribution in [3.05, 3.63) is 69.8 Å². The minimum Gasteiger partial charge on any atom is -0.491 e. The number of aryl methyl sites for hydroxylation is 1. The fourth-order valence-corrected chi connectivity index (χ4v) is 7.04. The van der Waals surface area contributed by atoms with Gasteiger partial charge in [0.05, 0.1) is 24.0 Å². The summed E-state index contributed by atoms with van der Waals surface area (Å²) in [7, 11) is 1.82. The summed E-state index contributed by atoms with van der Waals surface area (Å²) in [5.74, 6) is 1.26. The van der Waals surface area contributed by atoms with Crippen LogP contribution >= 0.6 is 23.5 Å². The third-order valence-corrected chi connectivity index (χ3v) is 10.5. The highest BCUT2D eigenvalue weighted by Gasteiger charge is 2.40. The van der Waals surface area contributed by atoms with E-state index >= 15 is 0 Å². The van der Waals surface area contributed by atoms with E-state index in [-0.39, 0.29) is 17.6 Å². The summed E-state index contributed by atoms with van der Waals surface area (Å²) >= 11 is 7.82. The van der Waals surface area contributed by atoms with Crippen molar-refractivity contribution >= 4 is 35.2 Å². The molecule has 4 rings (SSSR count). The van der Waals surface area contributed by atoms with Gasteiger partial charge in [-0.05, 0) is 97.4 Å². The predicted octanol–water partition coefficient (Wildman–Crippen LogP) is 7.98. The number of hydrogen-bond donors (Lipinski definition) is 2. The van der Waals surface area contributed by atoms with E-state index in [0.29, 0.717) is 29.6 Å². The standard InChI is InChI=1S/C34H47ClN2O4S/c1-6-7-24-16-28(35)12-14-29(24)27-19-37(31-17-25(34(38)39)11-15-32(31)41-20-27)18-26-10-13-30(26)33(40-5)22(3)9-8-21(2)23(4)42-36/h9,11-12,14-17,21,23,26-27,30,33H,6-8,10,13,18-20,36H2,1-5H3,(H,38,39)/b22-9+. The minimum absolute atomic E-state index is 0.0630. The van der Waals surface area contributed by atoms with E-state index in [9.17, 15) is 9.90 Å². The van der Waals surface area contributed by atoms with Crippen molar-refractivity contribution in [2.45, 2.75) is 77.1 Å². The summed E-state index contributed by atoms with van der Waals surface area (Å²) in [6, 6.07) is 11.4. The number of halogens is 1. The van der Waals surface area contributed by atoms with Gasteiger partial charge in [-0.2, -0.15) is 0 Å². The zero-order valence-electron chi connectivity index (χ0n) is 25.6. The average molecular weight is 615 g/mol. The van der Waals surface area contributed by atoms with Crippen LogP contribution in [-0.2, 0) is 11.2 Å².